The normalized spacial score (nSPS) is 16.5. The van der Waals surface area contributed by atoms with E-state index in [-0.39, 0.29) is 12.5 Å². The number of carbonyl (C=O) groups is 1. The van der Waals surface area contributed by atoms with Crippen LogP contribution in [0.25, 0.3) is 0 Å². The van der Waals surface area contributed by atoms with Crippen LogP contribution >= 0.6 is 0 Å². The minimum atomic E-state index is -0.00365. The monoisotopic (exact) mass is 275 g/mol. The first-order valence-electron chi connectivity index (χ1n) is 7.64. The Morgan fingerprint density at radius 2 is 1.70 bits per heavy atom. The van der Waals surface area contributed by atoms with E-state index < -0.39 is 0 Å². The number of aryl methyl sites for hydroxylation is 2. The van der Waals surface area contributed by atoms with Gasteiger partial charge in [-0.05, 0) is 49.9 Å². The molecule has 1 aliphatic carbocycles. The van der Waals surface area contributed by atoms with E-state index in [0.29, 0.717) is 6.04 Å². The van der Waals surface area contributed by atoms with E-state index in [1.165, 1.54) is 25.7 Å². The predicted octanol–water partition coefficient (Wildman–Crippen LogP) is 3.52. The molecule has 0 spiro atoms. The highest BCUT2D eigenvalue weighted by atomic mass is 16.5. The molecule has 1 saturated carbocycles. The number of hydrogen-bond acceptors (Lipinski definition) is 2. The van der Waals surface area contributed by atoms with E-state index in [2.05, 4.69) is 11.4 Å². The van der Waals surface area contributed by atoms with Gasteiger partial charge in [-0.15, -0.1) is 0 Å². The number of benzene rings is 1. The molecule has 0 aliphatic heterocycles. The van der Waals surface area contributed by atoms with Gasteiger partial charge in [0.25, 0.3) is 5.91 Å². The molecule has 0 heterocycles. The Kier molecular flexibility index (Phi) is 5.45. The fraction of sp³-hybridized carbons (Fsp3) is 0.588. The number of hydrogen-bond donors (Lipinski definition) is 1. The molecule has 3 heteroatoms. The standard InChI is InChI=1S/C17H25NO2/c1-13-9-14(2)11-16(10-13)20-12-17(19)18-15-7-5-3-4-6-8-15/h9-11,15H,3-8,12H2,1-2H3,(H,18,19). The largest absolute Gasteiger partial charge is 0.484 e. The van der Waals surface area contributed by atoms with Gasteiger partial charge in [-0.25, -0.2) is 0 Å². The van der Waals surface area contributed by atoms with Crippen LogP contribution in [0.3, 0.4) is 0 Å². The van der Waals surface area contributed by atoms with Gasteiger partial charge in [0.15, 0.2) is 6.61 Å². The number of carbonyl (C=O) groups excluding carboxylic acids is 1. The summed E-state index contributed by atoms with van der Waals surface area (Å²) in [5, 5.41) is 3.09. The Hall–Kier alpha value is -1.51. The van der Waals surface area contributed by atoms with Crippen LogP contribution in [0.15, 0.2) is 18.2 Å². The number of rotatable bonds is 4. The van der Waals surface area contributed by atoms with E-state index in [9.17, 15) is 4.79 Å². The van der Waals surface area contributed by atoms with Crippen molar-refractivity contribution in [1.29, 1.82) is 0 Å². The lowest BCUT2D eigenvalue weighted by molar-refractivity contribution is -0.123. The maximum atomic E-state index is 11.9. The molecule has 1 aromatic carbocycles. The zero-order valence-electron chi connectivity index (χ0n) is 12.6. The average Bonchev–Trinajstić information content (AvgIpc) is 2.64. The molecule has 1 fully saturated rings. The highest BCUT2D eigenvalue weighted by molar-refractivity contribution is 5.77. The average molecular weight is 275 g/mol. The van der Waals surface area contributed by atoms with Gasteiger partial charge in [-0.1, -0.05) is 31.7 Å². The van der Waals surface area contributed by atoms with Gasteiger partial charge < -0.3 is 10.1 Å². The minimum Gasteiger partial charge on any atom is -0.484 e. The van der Waals surface area contributed by atoms with Gasteiger partial charge >= 0.3 is 0 Å². The van der Waals surface area contributed by atoms with Crippen molar-refractivity contribution in [2.45, 2.75) is 58.4 Å². The number of nitrogens with one attached hydrogen (secondary N) is 1. The third kappa shape index (κ3) is 4.87. The van der Waals surface area contributed by atoms with Crippen molar-refractivity contribution in [2.75, 3.05) is 6.61 Å². The molecule has 0 bridgehead atoms. The summed E-state index contributed by atoms with van der Waals surface area (Å²) >= 11 is 0. The smallest absolute Gasteiger partial charge is 0.258 e. The van der Waals surface area contributed by atoms with Crippen molar-refractivity contribution in [3.05, 3.63) is 29.3 Å². The fourth-order valence-corrected chi connectivity index (χ4v) is 2.86. The highest BCUT2D eigenvalue weighted by Gasteiger charge is 2.14. The molecule has 20 heavy (non-hydrogen) atoms. The zero-order valence-corrected chi connectivity index (χ0v) is 12.6. The van der Waals surface area contributed by atoms with Crippen LogP contribution in [0.4, 0.5) is 0 Å². The molecule has 1 aliphatic rings. The Labute approximate surface area is 121 Å². The van der Waals surface area contributed by atoms with E-state index in [1.807, 2.05) is 26.0 Å². The molecule has 0 aromatic heterocycles. The van der Waals surface area contributed by atoms with Gasteiger partial charge in [0, 0.05) is 6.04 Å². The quantitative estimate of drug-likeness (QED) is 0.854. The van der Waals surface area contributed by atoms with Crippen molar-refractivity contribution >= 4 is 5.91 Å². The van der Waals surface area contributed by atoms with Crippen molar-refractivity contribution in [2.24, 2.45) is 0 Å². The summed E-state index contributed by atoms with van der Waals surface area (Å²) in [7, 11) is 0. The Morgan fingerprint density at radius 3 is 2.30 bits per heavy atom. The van der Waals surface area contributed by atoms with E-state index in [4.69, 9.17) is 4.74 Å². The maximum absolute atomic E-state index is 11.9. The van der Waals surface area contributed by atoms with Crippen molar-refractivity contribution in [3.8, 4) is 5.75 Å². The summed E-state index contributed by atoms with van der Waals surface area (Å²) in [5.74, 6) is 0.773. The summed E-state index contributed by atoms with van der Waals surface area (Å²) in [6.07, 6.45) is 7.26. The molecule has 0 unspecified atom stereocenters. The molecule has 1 N–H and O–H groups in total. The Morgan fingerprint density at radius 1 is 1.10 bits per heavy atom. The second-order valence-corrected chi connectivity index (χ2v) is 5.87. The lowest BCUT2D eigenvalue weighted by Gasteiger charge is -2.16. The third-order valence-corrected chi connectivity index (χ3v) is 3.79. The number of amides is 1. The van der Waals surface area contributed by atoms with E-state index in [0.717, 1.165) is 29.7 Å². The van der Waals surface area contributed by atoms with Crippen LogP contribution in [-0.4, -0.2) is 18.6 Å². The van der Waals surface area contributed by atoms with Crippen LogP contribution in [0, 0.1) is 13.8 Å². The summed E-state index contributed by atoms with van der Waals surface area (Å²) in [5.41, 5.74) is 2.31. The maximum Gasteiger partial charge on any atom is 0.258 e. The second kappa shape index (κ2) is 7.32. The molecule has 2 rings (SSSR count). The lowest BCUT2D eigenvalue weighted by Crippen LogP contribution is -2.37. The van der Waals surface area contributed by atoms with Gasteiger partial charge in [-0.2, -0.15) is 0 Å². The number of ether oxygens (including phenoxy) is 1. The molecule has 1 aromatic rings. The van der Waals surface area contributed by atoms with Crippen LogP contribution in [0.5, 0.6) is 5.75 Å². The summed E-state index contributed by atoms with van der Waals surface area (Å²) < 4.78 is 5.59. The van der Waals surface area contributed by atoms with Crippen molar-refractivity contribution in [3.63, 3.8) is 0 Å². The summed E-state index contributed by atoms with van der Waals surface area (Å²) in [6.45, 7) is 4.18. The molecule has 1 amide bonds. The van der Waals surface area contributed by atoms with Crippen LogP contribution in [0.1, 0.15) is 49.7 Å². The Bertz CT molecular complexity index is 428. The van der Waals surface area contributed by atoms with Crippen LogP contribution < -0.4 is 10.1 Å². The second-order valence-electron chi connectivity index (χ2n) is 5.87. The topological polar surface area (TPSA) is 38.3 Å². The summed E-state index contributed by atoms with van der Waals surface area (Å²) in [6, 6.07) is 6.36. The van der Waals surface area contributed by atoms with Crippen LogP contribution in [-0.2, 0) is 4.79 Å². The van der Waals surface area contributed by atoms with E-state index >= 15 is 0 Å². The van der Waals surface area contributed by atoms with Gasteiger partial charge in [0.05, 0.1) is 0 Å². The molecule has 110 valence electrons. The van der Waals surface area contributed by atoms with Crippen molar-refractivity contribution in [1.82, 2.24) is 5.32 Å². The lowest BCUT2D eigenvalue weighted by atomic mass is 10.1. The molecule has 0 radical (unpaired) electrons. The summed E-state index contributed by atoms with van der Waals surface area (Å²) in [4.78, 5) is 11.9. The first kappa shape index (κ1) is 14.9. The van der Waals surface area contributed by atoms with Gasteiger partial charge in [-0.3, -0.25) is 4.79 Å². The molecular formula is C17H25NO2. The van der Waals surface area contributed by atoms with Crippen LogP contribution in [0.2, 0.25) is 0 Å². The first-order valence-corrected chi connectivity index (χ1v) is 7.64. The molecular weight excluding hydrogens is 250 g/mol. The van der Waals surface area contributed by atoms with E-state index in [1.54, 1.807) is 0 Å². The minimum absolute atomic E-state index is 0.00365. The van der Waals surface area contributed by atoms with Crippen molar-refractivity contribution < 1.29 is 9.53 Å². The fourth-order valence-electron chi connectivity index (χ4n) is 2.86. The molecule has 3 nitrogen and oxygen atoms in total. The SMILES string of the molecule is Cc1cc(C)cc(OCC(=O)NC2CCCCCC2)c1. The molecule has 0 atom stereocenters. The zero-order chi connectivity index (χ0) is 14.4. The first-order chi connectivity index (χ1) is 9.63. The molecule has 0 saturated heterocycles. The predicted molar refractivity (Wildman–Crippen MR) is 81.0 cm³/mol. The highest BCUT2D eigenvalue weighted by Crippen LogP contribution is 2.18. The van der Waals surface area contributed by atoms with Gasteiger partial charge in [0.2, 0.25) is 0 Å². The third-order valence-electron chi connectivity index (χ3n) is 3.79. The Balaban J connectivity index is 1.79. The van der Waals surface area contributed by atoms with Gasteiger partial charge in [0.1, 0.15) is 5.75 Å².